The van der Waals surface area contributed by atoms with Crippen LogP contribution >= 0.6 is 8.58 Å². The maximum atomic E-state index is 13.1. The smallest absolute Gasteiger partial charge is 0.303 e. The molecule has 0 aromatic rings. The zero-order valence-electron chi connectivity index (χ0n) is 21.8. The van der Waals surface area contributed by atoms with Crippen LogP contribution in [0.3, 0.4) is 0 Å². The minimum absolute atomic E-state index is 0.00868. The quantitative estimate of drug-likeness (QED) is 0.300. The molecule has 2 fully saturated rings. The van der Waals surface area contributed by atoms with Crippen LogP contribution in [0.5, 0.6) is 0 Å². The van der Waals surface area contributed by atoms with Gasteiger partial charge in [0, 0.05) is 58.8 Å². The van der Waals surface area contributed by atoms with Gasteiger partial charge in [0.15, 0.2) is 0 Å². The van der Waals surface area contributed by atoms with Crippen molar-refractivity contribution in [3.05, 3.63) is 12.2 Å². The van der Waals surface area contributed by atoms with Crippen molar-refractivity contribution in [2.45, 2.75) is 94.2 Å². The highest BCUT2D eigenvalue weighted by molar-refractivity contribution is 7.38. The van der Waals surface area contributed by atoms with Gasteiger partial charge in [0.2, 0.25) is 5.91 Å². The number of carbonyl (C=O) groups is 2. The number of hydrogen-bond acceptors (Lipinski definition) is 5. The molecule has 2 aliphatic rings. The second kappa shape index (κ2) is 14.5. The van der Waals surface area contributed by atoms with E-state index in [1.165, 1.54) is 5.57 Å². The monoisotopic (exact) mass is 499 g/mol. The van der Waals surface area contributed by atoms with Gasteiger partial charge in [0.05, 0.1) is 18.3 Å². The molecule has 1 amide bonds. The number of carbonyl (C=O) groups excluding carboxylic acids is 1. The highest BCUT2D eigenvalue weighted by Gasteiger charge is 2.42. The largest absolute Gasteiger partial charge is 0.481 e. The van der Waals surface area contributed by atoms with Crippen LogP contribution in [0.15, 0.2) is 12.2 Å². The molecule has 8 unspecified atom stereocenters. The van der Waals surface area contributed by atoms with Crippen LogP contribution in [0.25, 0.3) is 0 Å². The van der Waals surface area contributed by atoms with Crippen molar-refractivity contribution >= 4 is 20.5 Å². The van der Waals surface area contributed by atoms with Gasteiger partial charge in [-0.25, -0.2) is 0 Å². The van der Waals surface area contributed by atoms with Gasteiger partial charge in [-0.15, -0.1) is 8.58 Å². The number of carboxylic acids is 1. The lowest BCUT2D eigenvalue weighted by molar-refractivity contribution is -0.140. The fraction of sp³-hybridized carbons (Fsp3) is 0.846. The average molecular weight is 500 g/mol. The fourth-order valence-corrected chi connectivity index (χ4v) is 7.21. The summed E-state index contributed by atoms with van der Waals surface area (Å²) in [5.74, 6) is -0.296. The van der Waals surface area contributed by atoms with Crippen LogP contribution in [0.2, 0.25) is 0 Å². The summed E-state index contributed by atoms with van der Waals surface area (Å²) < 4.78 is 17.4. The first-order chi connectivity index (χ1) is 16.3. The van der Waals surface area contributed by atoms with E-state index in [4.69, 9.17) is 19.3 Å². The van der Waals surface area contributed by atoms with Gasteiger partial charge < -0.3 is 24.2 Å². The number of methoxy groups -OCH3 is 3. The van der Waals surface area contributed by atoms with E-state index in [1.54, 1.807) is 14.2 Å². The van der Waals surface area contributed by atoms with Gasteiger partial charge in [-0.1, -0.05) is 18.6 Å². The van der Waals surface area contributed by atoms with E-state index in [1.807, 2.05) is 19.1 Å². The topological polar surface area (TPSA) is 85.3 Å². The highest BCUT2D eigenvalue weighted by atomic mass is 31.1. The van der Waals surface area contributed by atoms with Crippen molar-refractivity contribution in [3.8, 4) is 0 Å². The fourth-order valence-electron chi connectivity index (χ4n) is 6.01. The molecule has 196 valence electrons. The Morgan fingerprint density at radius 2 is 1.76 bits per heavy atom. The summed E-state index contributed by atoms with van der Waals surface area (Å²) in [6.45, 7) is 6.78. The predicted octanol–water partition coefficient (Wildman–Crippen LogP) is 4.34. The average Bonchev–Trinajstić information content (AvgIpc) is 2.85. The summed E-state index contributed by atoms with van der Waals surface area (Å²) in [7, 11) is 7.98. The number of ether oxygens (including phenoxy) is 3. The second-order valence-electron chi connectivity index (χ2n) is 9.93. The third kappa shape index (κ3) is 7.74. The van der Waals surface area contributed by atoms with E-state index in [0.29, 0.717) is 24.1 Å². The lowest BCUT2D eigenvalue weighted by Crippen LogP contribution is -2.52. The molecule has 7 nitrogen and oxygen atoms in total. The molecule has 8 heteroatoms. The van der Waals surface area contributed by atoms with Crippen molar-refractivity contribution in [1.29, 1.82) is 0 Å². The maximum Gasteiger partial charge on any atom is 0.303 e. The van der Waals surface area contributed by atoms with Gasteiger partial charge in [-0.05, 0) is 57.5 Å². The van der Waals surface area contributed by atoms with Crippen LogP contribution in [-0.2, 0) is 23.8 Å². The van der Waals surface area contributed by atoms with Crippen LogP contribution in [0.1, 0.15) is 64.2 Å². The normalized spacial score (nSPS) is 30.9. The lowest BCUT2D eigenvalue weighted by atomic mass is 9.74. The van der Waals surface area contributed by atoms with Gasteiger partial charge in [-0.3, -0.25) is 9.59 Å². The third-order valence-electron chi connectivity index (χ3n) is 8.06. The molecule has 0 saturated heterocycles. The van der Waals surface area contributed by atoms with E-state index in [0.717, 1.165) is 53.5 Å². The number of carboxylic acid groups (broad SMARTS) is 1. The van der Waals surface area contributed by atoms with Gasteiger partial charge in [-0.2, -0.15) is 0 Å². The molecule has 1 N–H and O–H groups in total. The number of hydrogen-bond donors (Lipinski definition) is 1. The summed E-state index contributed by atoms with van der Waals surface area (Å²) in [6, 6.07) is -0.0459. The summed E-state index contributed by atoms with van der Waals surface area (Å²) in [4.78, 5) is 25.9. The molecule has 8 atom stereocenters. The second-order valence-corrected chi connectivity index (χ2v) is 11.2. The zero-order chi connectivity index (χ0) is 25.3. The van der Waals surface area contributed by atoms with Crippen molar-refractivity contribution in [2.24, 2.45) is 11.8 Å². The number of amides is 1. The van der Waals surface area contributed by atoms with E-state index in [-0.39, 0.29) is 42.9 Å². The Hall–Kier alpha value is -1.01. The first-order valence-electron chi connectivity index (χ1n) is 12.7. The number of rotatable bonds is 13. The standard InChI is InChI=1S/C26H46NO6P/c1-17(18-13-14-21(31-3)23(16-18)34-6)15-20(27(2)24(28)11-8-12-25(29)30)19-9-7-10-22(32-4)26(19)33-5/h18-23,26,34H,1,7-16H2,2-6H3,(H,29,30). The third-order valence-corrected chi connectivity index (χ3v) is 9.41. The summed E-state index contributed by atoms with van der Waals surface area (Å²) in [6.07, 6.45) is 7.77. The van der Waals surface area contributed by atoms with Crippen LogP contribution < -0.4 is 0 Å². The molecule has 0 heterocycles. The molecule has 0 aliphatic heterocycles. The Balaban J connectivity index is 2.19. The molecular formula is C26H46NO6P. The summed E-state index contributed by atoms with van der Waals surface area (Å²) >= 11 is 0. The Kier molecular flexibility index (Phi) is 12.5. The molecule has 0 aromatic heterocycles. The SMILES string of the molecule is C=C(CC(C1CCCC(OC)C1OC)N(C)C(=O)CCCC(=O)O)C1CCC(OC)C(PC)C1. The predicted molar refractivity (Wildman–Crippen MR) is 137 cm³/mol. The number of aliphatic carboxylic acids is 1. The Labute approximate surface area is 207 Å². The molecule has 2 aliphatic carbocycles. The van der Waals surface area contributed by atoms with Crippen LogP contribution in [-0.4, -0.2) is 86.9 Å². The molecule has 0 bridgehead atoms. The van der Waals surface area contributed by atoms with Crippen LogP contribution in [0.4, 0.5) is 0 Å². The van der Waals surface area contributed by atoms with Crippen molar-refractivity contribution in [1.82, 2.24) is 4.90 Å². The molecule has 0 radical (unpaired) electrons. The van der Waals surface area contributed by atoms with Crippen LogP contribution in [0, 0.1) is 11.8 Å². The van der Waals surface area contributed by atoms with E-state index < -0.39 is 5.97 Å². The van der Waals surface area contributed by atoms with Crippen molar-refractivity contribution in [2.75, 3.05) is 35.0 Å². The van der Waals surface area contributed by atoms with Gasteiger partial charge >= 0.3 is 5.97 Å². The van der Waals surface area contributed by atoms with Gasteiger partial charge in [0.25, 0.3) is 0 Å². The summed E-state index contributed by atoms with van der Waals surface area (Å²) in [5, 5.41) is 8.97. The minimum atomic E-state index is -0.868. The first-order valence-corrected chi connectivity index (χ1v) is 14.3. The molecule has 0 spiro atoms. The minimum Gasteiger partial charge on any atom is -0.481 e. The molecule has 2 rings (SSSR count). The molecule has 0 aromatic carbocycles. The number of nitrogens with zero attached hydrogens (tertiary/aromatic N) is 1. The lowest BCUT2D eigenvalue weighted by Gasteiger charge is -2.45. The summed E-state index contributed by atoms with van der Waals surface area (Å²) in [5.41, 5.74) is 1.77. The van der Waals surface area contributed by atoms with Crippen molar-refractivity contribution in [3.63, 3.8) is 0 Å². The van der Waals surface area contributed by atoms with E-state index in [9.17, 15) is 9.59 Å². The van der Waals surface area contributed by atoms with E-state index in [2.05, 4.69) is 13.2 Å². The maximum absolute atomic E-state index is 13.1. The van der Waals surface area contributed by atoms with Gasteiger partial charge in [0.1, 0.15) is 0 Å². The molecule has 2 saturated carbocycles. The molecular weight excluding hydrogens is 453 g/mol. The van der Waals surface area contributed by atoms with E-state index >= 15 is 0 Å². The Morgan fingerprint density at radius 3 is 2.35 bits per heavy atom. The highest BCUT2D eigenvalue weighted by Crippen LogP contribution is 2.42. The Bertz CT molecular complexity index is 674. The zero-order valence-corrected chi connectivity index (χ0v) is 22.8. The first kappa shape index (κ1) is 29.2. The molecule has 34 heavy (non-hydrogen) atoms. The Morgan fingerprint density at radius 1 is 1.06 bits per heavy atom. The van der Waals surface area contributed by atoms with Crippen molar-refractivity contribution < 1.29 is 28.9 Å².